The molecule has 3 N–H and O–H groups in total. The molecule has 20 heavy (non-hydrogen) atoms. The molecular formula is C14H17N5O. The van der Waals surface area contributed by atoms with Gasteiger partial charge in [0.25, 0.3) is 0 Å². The predicted octanol–water partition coefficient (Wildman–Crippen LogP) is 0.937. The fourth-order valence-corrected chi connectivity index (χ4v) is 2.36. The highest BCUT2D eigenvalue weighted by Gasteiger charge is 2.21. The molecule has 3 rings (SSSR count). The van der Waals surface area contributed by atoms with Gasteiger partial charge in [0.05, 0.1) is 12.7 Å². The molecule has 2 aromatic rings. The third kappa shape index (κ3) is 2.20. The summed E-state index contributed by atoms with van der Waals surface area (Å²) in [5.74, 6) is 0.715. The number of hydrogen-bond acceptors (Lipinski definition) is 4. The van der Waals surface area contributed by atoms with Crippen LogP contribution in [0.1, 0.15) is 0 Å². The van der Waals surface area contributed by atoms with Gasteiger partial charge in [0.2, 0.25) is 5.91 Å². The van der Waals surface area contributed by atoms with E-state index in [2.05, 4.69) is 15.1 Å². The van der Waals surface area contributed by atoms with E-state index < -0.39 is 0 Å². The first-order chi connectivity index (χ1) is 9.65. The standard InChI is InChI=1S/C14H17N5O/c1-18-6-7-19(9-13(18)20)11-4-2-10(3-5-11)12-8-16-17-14(12)15/h2-5,8H,6-7,9H2,1H3,(H3,15,16,17). The molecule has 0 aliphatic carbocycles. The molecule has 0 spiro atoms. The van der Waals surface area contributed by atoms with E-state index in [0.29, 0.717) is 12.4 Å². The highest BCUT2D eigenvalue weighted by molar-refractivity contribution is 5.83. The zero-order chi connectivity index (χ0) is 14.1. The molecule has 0 unspecified atom stereocenters. The van der Waals surface area contributed by atoms with Crippen molar-refractivity contribution in [2.45, 2.75) is 0 Å². The maximum Gasteiger partial charge on any atom is 0.241 e. The van der Waals surface area contributed by atoms with Crippen LogP contribution in [0.5, 0.6) is 0 Å². The minimum Gasteiger partial charge on any atom is -0.384 e. The first-order valence-electron chi connectivity index (χ1n) is 6.53. The Morgan fingerprint density at radius 1 is 1.25 bits per heavy atom. The van der Waals surface area contributed by atoms with Crippen molar-refractivity contribution in [3.8, 4) is 11.1 Å². The number of amides is 1. The summed E-state index contributed by atoms with van der Waals surface area (Å²) in [4.78, 5) is 15.6. The van der Waals surface area contributed by atoms with E-state index >= 15 is 0 Å². The first kappa shape index (κ1) is 12.5. The maximum atomic E-state index is 11.7. The number of rotatable bonds is 2. The number of likely N-dealkylation sites (N-methyl/N-ethyl adjacent to an activating group) is 1. The van der Waals surface area contributed by atoms with E-state index in [-0.39, 0.29) is 5.91 Å². The number of carbonyl (C=O) groups is 1. The lowest BCUT2D eigenvalue weighted by Gasteiger charge is -2.33. The molecule has 0 radical (unpaired) electrons. The molecule has 0 bridgehead atoms. The summed E-state index contributed by atoms with van der Waals surface area (Å²) in [5, 5.41) is 6.64. The van der Waals surface area contributed by atoms with Crippen LogP contribution < -0.4 is 10.6 Å². The summed E-state index contributed by atoms with van der Waals surface area (Å²) in [5.41, 5.74) is 8.77. The Kier molecular flexibility index (Phi) is 3.06. The van der Waals surface area contributed by atoms with E-state index in [1.54, 1.807) is 11.1 Å². The van der Waals surface area contributed by atoms with Crippen molar-refractivity contribution in [1.82, 2.24) is 15.1 Å². The molecule has 0 atom stereocenters. The Balaban J connectivity index is 1.80. The molecule has 1 aromatic carbocycles. The van der Waals surface area contributed by atoms with Crippen LogP contribution >= 0.6 is 0 Å². The number of piperazine rings is 1. The monoisotopic (exact) mass is 271 g/mol. The predicted molar refractivity (Wildman–Crippen MR) is 78.3 cm³/mol. The van der Waals surface area contributed by atoms with Gasteiger partial charge < -0.3 is 15.5 Å². The van der Waals surface area contributed by atoms with Gasteiger partial charge >= 0.3 is 0 Å². The molecule has 1 amide bonds. The van der Waals surface area contributed by atoms with Gasteiger partial charge in [-0.15, -0.1) is 0 Å². The van der Waals surface area contributed by atoms with Gasteiger partial charge in [-0.3, -0.25) is 9.89 Å². The second kappa shape index (κ2) is 4.88. The van der Waals surface area contributed by atoms with Crippen LogP contribution in [0.4, 0.5) is 11.5 Å². The van der Waals surface area contributed by atoms with E-state index in [0.717, 1.165) is 29.9 Å². The average molecular weight is 271 g/mol. The van der Waals surface area contributed by atoms with Gasteiger partial charge in [-0.25, -0.2) is 0 Å². The minimum absolute atomic E-state index is 0.152. The number of anilines is 2. The molecule has 6 nitrogen and oxygen atoms in total. The van der Waals surface area contributed by atoms with Crippen LogP contribution in [-0.2, 0) is 4.79 Å². The van der Waals surface area contributed by atoms with Crippen molar-refractivity contribution in [1.29, 1.82) is 0 Å². The number of benzene rings is 1. The van der Waals surface area contributed by atoms with Gasteiger partial charge in [-0.05, 0) is 17.7 Å². The van der Waals surface area contributed by atoms with Crippen molar-refractivity contribution in [2.75, 3.05) is 37.3 Å². The molecule has 1 saturated heterocycles. The highest BCUT2D eigenvalue weighted by Crippen LogP contribution is 2.26. The fourth-order valence-electron chi connectivity index (χ4n) is 2.36. The number of H-pyrrole nitrogens is 1. The van der Waals surface area contributed by atoms with E-state index in [1.807, 2.05) is 31.3 Å². The third-order valence-electron chi connectivity index (χ3n) is 3.67. The average Bonchev–Trinajstić information content (AvgIpc) is 2.88. The Morgan fingerprint density at radius 2 is 2.00 bits per heavy atom. The van der Waals surface area contributed by atoms with Gasteiger partial charge in [0.1, 0.15) is 5.82 Å². The van der Waals surface area contributed by atoms with Crippen molar-refractivity contribution in [2.24, 2.45) is 0 Å². The zero-order valence-electron chi connectivity index (χ0n) is 11.3. The molecule has 0 saturated carbocycles. The molecule has 104 valence electrons. The van der Waals surface area contributed by atoms with Gasteiger partial charge in [-0.1, -0.05) is 12.1 Å². The molecule has 1 aliphatic rings. The maximum absolute atomic E-state index is 11.7. The van der Waals surface area contributed by atoms with Crippen molar-refractivity contribution in [3.63, 3.8) is 0 Å². The van der Waals surface area contributed by atoms with Crippen molar-refractivity contribution < 1.29 is 4.79 Å². The Bertz CT molecular complexity index is 619. The van der Waals surface area contributed by atoms with Crippen LogP contribution in [0, 0.1) is 0 Å². The highest BCUT2D eigenvalue weighted by atomic mass is 16.2. The summed E-state index contributed by atoms with van der Waals surface area (Å²) in [7, 11) is 1.84. The number of nitrogens with zero attached hydrogens (tertiary/aromatic N) is 3. The Labute approximate surface area is 117 Å². The topological polar surface area (TPSA) is 78.2 Å². The second-order valence-electron chi connectivity index (χ2n) is 4.98. The van der Waals surface area contributed by atoms with Crippen LogP contribution in [0.3, 0.4) is 0 Å². The quantitative estimate of drug-likeness (QED) is 0.852. The van der Waals surface area contributed by atoms with Crippen LogP contribution in [0.2, 0.25) is 0 Å². The lowest BCUT2D eigenvalue weighted by Crippen LogP contribution is -2.48. The molecule has 1 aliphatic heterocycles. The third-order valence-corrected chi connectivity index (χ3v) is 3.67. The van der Waals surface area contributed by atoms with Crippen LogP contribution in [0.25, 0.3) is 11.1 Å². The van der Waals surface area contributed by atoms with Crippen molar-refractivity contribution >= 4 is 17.4 Å². The number of aromatic nitrogens is 2. The number of nitrogens with one attached hydrogen (secondary N) is 1. The van der Waals surface area contributed by atoms with E-state index in [1.165, 1.54) is 0 Å². The smallest absolute Gasteiger partial charge is 0.241 e. The lowest BCUT2D eigenvalue weighted by atomic mass is 10.1. The number of hydrogen-bond donors (Lipinski definition) is 2. The Hall–Kier alpha value is -2.50. The zero-order valence-corrected chi connectivity index (χ0v) is 11.3. The van der Waals surface area contributed by atoms with Crippen LogP contribution in [-0.4, -0.2) is 47.7 Å². The van der Waals surface area contributed by atoms with Crippen molar-refractivity contribution in [3.05, 3.63) is 30.5 Å². The number of nitrogens with two attached hydrogens (primary N) is 1. The summed E-state index contributed by atoms with van der Waals surface area (Å²) >= 11 is 0. The lowest BCUT2D eigenvalue weighted by molar-refractivity contribution is -0.129. The summed E-state index contributed by atoms with van der Waals surface area (Å²) in [6.07, 6.45) is 1.71. The second-order valence-corrected chi connectivity index (χ2v) is 4.98. The van der Waals surface area contributed by atoms with Gasteiger partial charge in [0, 0.05) is 31.4 Å². The largest absolute Gasteiger partial charge is 0.384 e. The molecule has 2 heterocycles. The summed E-state index contributed by atoms with van der Waals surface area (Å²) in [6, 6.07) is 8.03. The van der Waals surface area contributed by atoms with E-state index in [4.69, 9.17) is 5.73 Å². The van der Waals surface area contributed by atoms with Crippen LogP contribution in [0.15, 0.2) is 30.5 Å². The normalized spacial score (nSPS) is 15.8. The molecule has 6 heteroatoms. The molecular weight excluding hydrogens is 254 g/mol. The molecule has 1 fully saturated rings. The van der Waals surface area contributed by atoms with Gasteiger partial charge in [0.15, 0.2) is 0 Å². The molecule has 1 aromatic heterocycles. The number of nitrogen functional groups attached to an aromatic ring is 1. The fraction of sp³-hybridized carbons (Fsp3) is 0.286. The number of aromatic amines is 1. The Morgan fingerprint density at radius 3 is 2.60 bits per heavy atom. The number of carbonyl (C=O) groups excluding carboxylic acids is 1. The minimum atomic E-state index is 0.152. The van der Waals surface area contributed by atoms with E-state index in [9.17, 15) is 4.79 Å². The first-order valence-corrected chi connectivity index (χ1v) is 6.53. The summed E-state index contributed by atoms with van der Waals surface area (Å²) in [6.45, 7) is 2.05. The SMILES string of the molecule is CN1CCN(c2ccc(-c3cn[nH]c3N)cc2)CC1=O. The summed E-state index contributed by atoms with van der Waals surface area (Å²) < 4.78 is 0. The van der Waals surface area contributed by atoms with Gasteiger partial charge in [-0.2, -0.15) is 5.10 Å².